The molecule has 6 heteroatoms. The second-order valence-corrected chi connectivity index (χ2v) is 5.70. The highest BCUT2D eigenvalue weighted by Crippen LogP contribution is 2.24. The summed E-state index contributed by atoms with van der Waals surface area (Å²) < 4.78 is 5.06. The van der Waals surface area contributed by atoms with Crippen molar-refractivity contribution in [3.63, 3.8) is 0 Å². The molecule has 2 aromatic heterocycles. The topological polar surface area (TPSA) is 50.7 Å². The maximum absolute atomic E-state index is 4.19. The normalized spacial score (nSPS) is 12.6. The monoisotopic (exact) mass is 326 g/mol. The van der Waals surface area contributed by atoms with Crippen LogP contribution < -0.4 is 5.32 Å². The maximum Gasteiger partial charge on any atom is 0.0801 e. The van der Waals surface area contributed by atoms with E-state index in [-0.39, 0.29) is 6.04 Å². The third-order valence-corrected chi connectivity index (χ3v) is 4.10. The molecule has 4 nitrogen and oxygen atoms in total. The molecular formula is C12H15BrN4S. The van der Waals surface area contributed by atoms with Crippen molar-refractivity contribution in [1.82, 2.24) is 19.9 Å². The predicted octanol–water partition coefficient (Wildman–Crippen LogP) is 2.76. The van der Waals surface area contributed by atoms with Crippen molar-refractivity contribution in [2.24, 2.45) is 0 Å². The Morgan fingerprint density at radius 2 is 2.28 bits per heavy atom. The number of hydrogen-bond acceptors (Lipinski definition) is 5. The van der Waals surface area contributed by atoms with Gasteiger partial charge in [-0.15, -0.1) is 5.10 Å². The molecule has 1 N–H and O–H groups in total. The van der Waals surface area contributed by atoms with E-state index in [1.54, 1.807) is 6.20 Å². The molecule has 96 valence electrons. The minimum Gasteiger partial charge on any atom is -0.312 e. The first-order valence-corrected chi connectivity index (χ1v) is 7.39. The van der Waals surface area contributed by atoms with Gasteiger partial charge >= 0.3 is 0 Å². The molecule has 0 aliphatic rings. The van der Waals surface area contributed by atoms with Gasteiger partial charge in [0.25, 0.3) is 0 Å². The first-order valence-electron chi connectivity index (χ1n) is 5.82. The van der Waals surface area contributed by atoms with Crippen LogP contribution in [0.4, 0.5) is 0 Å². The summed E-state index contributed by atoms with van der Waals surface area (Å²) in [4.78, 5) is 5.42. The molecule has 0 bridgehead atoms. The number of aromatic nitrogens is 3. The fourth-order valence-corrected chi connectivity index (χ4v) is 3.11. The van der Waals surface area contributed by atoms with E-state index in [9.17, 15) is 0 Å². The number of halogens is 1. The number of nitrogens with zero attached hydrogens (tertiary/aromatic N) is 3. The maximum atomic E-state index is 4.19. The number of aryl methyl sites for hydroxylation is 1. The third kappa shape index (κ3) is 3.13. The smallest absolute Gasteiger partial charge is 0.0801 e. The quantitative estimate of drug-likeness (QED) is 0.917. The Hall–Kier alpha value is -0.850. The molecule has 0 aliphatic heterocycles. The van der Waals surface area contributed by atoms with Gasteiger partial charge in [-0.3, -0.25) is 4.98 Å². The van der Waals surface area contributed by atoms with E-state index in [0.717, 1.165) is 23.0 Å². The van der Waals surface area contributed by atoms with Crippen molar-refractivity contribution in [3.05, 3.63) is 39.1 Å². The Kier molecular flexibility index (Phi) is 4.79. The lowest BCUT2D eigenvalue weighted by atomic mass is 10.0. The van der Waals surface area contributed by atoms with Crippen molar-refractivity contribution in [1.29, 1.82) is 0 Å². The largest absolute Gasteiger partial charge is 0.312 e. The SMILES string of the molecule is CCc1nnsc1C(Cc1cncc(Br)c1)NC. The molecule has 0 radical (unpaired) electrons. The van der Waals surface area contributed by atoms with Crippen LogP contribution in [0.25, 0.3) is 0 Å². The van der Waals surface area contributed by atoms with Gasteiger partial charge in [0.1, 0.15) is 0 Å². The van der Waals surface area contributed by atoms with Crippen molar-refractivity contribution in [3.8, 4) is 0 Å². The van der Waals surface area contributed by atoms with Gasteiger partial charge in [0.15, 0.2) is 0 Å². The van der Waals surface area contributed by atoms with Crippen LogP contribution in [-0.4, -0.2) is 21.6 Å². The van der Waals surface area contributed by atoms with Gasteiger partial charge in [0.05, 0.1) is 10.6 Å². The van der Waals surface area contributed by atoms with Crippen molar-refractivity contribution in [2.75, 3.05) is 7.05 Å². The summed E-state index contributed by atoms with van der Waals surface area (Å²) in [7, 11) is 1.97. The summed E-state index contributed by atoms with van der Waals surface area (Å²) in [6.07, 6.45) is 5.50. The zero-order valence-corrected chi connectivity index (χ0v) is 12.8. The van der Waals surface area contributed by atoms with Crippen LogP contribution in [-0.2, 0) is 12.8 Å². The molecule has 18 heavy (non-hydrogen) atoms. The average molecular weight is 327 g/mol. The lowest BCUT2D eigenvalue weighted by Gasteiger charge is -2.15. The van der Waals surface area contributed by atoms with E-state index >= 15 is 0 Å². The molecule has 0 amide bonds. The number of nitrogens with one attached hydrogen (secondary N) is 1. The molecule has 2 rings (SSSR count). The summed E-state index contributed by atoms with van der Waals surface area (Å²) in [5.74, 6) is 0. The van der Waals surface area contributed by atoms with E-state index < -0.39 is 0 Å². The lowest BCUT2D eigenvalue weighted by molar-refractivity contribution is 0.594. The minimum absolute atomic E-state index is 0.246. The van der Waals surface area contributed by atoms with Crippen molar-refractivity contribution in [2.45, 2.75) is 25.8 Å². The molecular weight excluding hydrogens is 312 g/mol. The fraction of sp³-hybridized carbons (Fsp3) is 0.417. The lowest BCUT2D eigenvalue weighted by Crippen LogP contribution is -2.19. The Balaban J connectivity index is 2.20. The third-order valence-electron chi connectivity index (χ3n) is 2.79. The Morgan fingerprint density at radius 3 is 2.94 bits per heavy atom. The first kappa shape index (κ1) is 13.6. The highest BCUT2D eigenvalue weighted by molar-refractivity contribution is 9.10. The van der Waals surface area contributed by atoms with E-state index in [4.69, 9.17) is 0 Å². The molecule has 2 aromatic rings. The molecule has 2 heterocycles. The van der Waals surface area contributed by atoms with Crippen LogP contribution in [0.15, 0.2) is 22.9 Å². The Labute approximate surface area is 119 Å². The fourth-order valence-electron chi connectivity index (χ4n) is 1.85. The molecule has 1 atom stereocenters. The van der Waals surface area contributed by atoms with Crippen LogP contribution in [0.5, 0.6) is 0 Å². The second-order valence-electron chi connectivity index (χ2n) is 3.99. The number of rotatable bonds is 5. The van der Waals surface area contributed by atoms with Gasteiger partial charge in [-0.1, -0.05) is 11.4 Å². The van der Waals surface area contributed by atoms with E-state index in [2.05, 4.69) is 48.8 Å². The molecule has 0 spiro atoms. The molecule has 0 aromatic carbocycles. The molecule has 0 saturated heterocycles. The Morgan fingerprint density at radius 1 is 1.44 bits per heavy atom. The van der Waals surface area contributed by atoms with Crippen LogP contribution in [0, 0.1) is 0 Å². The summed E-state index contributed by atoms with van der Waals surface area (Å²) in [5, 5.41) is 7.50. The zero-order valence-electron chi connectivity index (χ0n) is 10.4. The van der Waals surface area contributed by atoms with Gasteiger partial charge in [0, 0.05) is 22.9 Å². The van der Waals surface area contributed by atoms with Crippen molar-refractivity contribution >= 4 is 27.5 Å². The summed E-state index contributed by atoms with van der Waals surface area (Å²) in [6.45, 7) is 2.10. The van der Waals surface area contributed by atoms with E-state index in [1.807, 2.05) is 13.2 Å². The van der Waals surface area contributed by atoms with E-state index in [1.165, 1.54) is 22.0 Å². The highest BCUT2D eigenvalue weighted by atomic mass is 79.9. The molecule has 0 saturated carbocycles. The van der Waals surface area contributed by atoms with Crippen LogP contribution >= 0.6 is 27.5 Å². The van der Waals surface area contributed by atoms with Gasteiger partial charge in [-0.2, -0.15) is 0 Å². The number of likely N-dealkylation sites (N-methyl/N-ethyl adjacent to an activating group) is 1. The summed E-state index contributed by atoms with van der Waals surface area (Å²) >= 11 is 4.92. The van der Waals surface area contributed by atoms with Gasteiger partial charge < -0.3 is 5.32 Å². The average Bonchev–Trinajstić information content (AvgIpc) is 2.84. The predicted molar refractivity (Wildman–Crippen MR) is 76.7 cm³/mol. The summed E-state index contributed by atoms with van der Waals surface area (Å²) in [6, 6.07) is 2.34. The minimum atomic E-state index is 0.246. The zero-order chi connectivity index (χ0) is 13.0. The van der Waals surface area contributed by atoms with Gasteiger partial charge in [-0.05, 0) is 59.0 Å². The first-order chi connectivity index (χ1) is 8.74. The summed E-state index contributed by atoms with van der Waals surface area (Å²) in [5.41, 5.74) is 2.28. The van der Waals surface area contributed by atoms with Crippen LogP contribution in [0.3, 0.4) is 0 Å². The van der Waals surface area contributed by atoms with Crippen LogP contribution in [0.2, 0.25) is 0 Å². The van der Waals surface area contributed by atoms with E-state index in [0.29, 0.717) is 0 Å². The van der Waals surface area contributed by atoms with Crippen molar-refractivity contribution < 1.29 is 0 Å². The molecule has 1 unspecified atom stereocenters. The standard InChI is InChI=1S/C12H15BrN4S/c1-3-10-12(18-17-16-10)11(14-2)5-8-4-9(13)7-15-6-8/h4,6-7,11,14H,3,5H2,1-2H3. The van der Waals surface area contributed by atoms with Gasteiger partial charge in [0.2, 0.25) is 0 Å². The number of hydrogen-bond donors (Lipinski definition) is 1. The Bertz CT molecular complexity index is 514. The van der Waals surface area contributed by atoms with Gasteiger partial charge in [-0.25, -0.2) is 0 Å². The molecule has 0 aliphatic carbocycles. The highest BCUT2D eigenvalue weighted by Gasteiger charge is 2.17. The number of pyridine rings is 1. The second kappa shape index (κ2) is 6.36. The molecule has 0 fully saturated rings. The van der Waals surface area contributed by atoms with Crippen LogP contribution in [0.1, 0.15) is 29.1 Å².